The molecule has 0 spiro atoms. The second-order valence-electron chi connectivity index (χ2n) is 7.64. The number of ether oxygens (including phenoxy) is 1. The molecule has 1 unspecified atom stereocenters. The van der Waals surface area contributed by atoms with Gasteiger partial charge in [-0.05, 0) is 57.1 Å². The molecule has 2 aliphatic rings. The number of methoxy groups -OCH3 is 1. The standard InChI is InChI=1S/C21H34N4O2/c1-3-22-21(24-17-8-10-18(26)11-9-17)23-14-16-12-13-25(15-16)19-6-4-5-7-20(19)27-2/h4-7,16-18,26H,3,8-15H2,1-2H3,(H2,22,23,24). The molecule has 3 N–H and O–H groups in total. The number of benzene rings is 1. The van der Waals surface area contributed by atoms with Crippen molar-refractivity contribution in [2.24, 2.45) is 10.9 Å². The van der Waals surface area contributed by atoms with E-state index in [-0.39, 0.29) is 6.10 Å². The number of nitrogens with zero attached hydrogens (tertiary/aromatic N) is 2. The van der Waals surface area contributed by atoms with Gasteiger partial charge in [0.2, 0.25) is 0 Å². The van der Waals surface area contributed by atoms with Crippen LogP contribution in [0.25, 0.3) is 0 Å². The summed E-state index contributed by atoms with van der Waals surface area (Å²) >= 11 is 0. The highest BCUT2D eigenvalue weighted by atomic mass is 16.5. The van der Waals surface area contributed by atoms with E-state index in [9.17, 15) is 5.11 Å². The van der Waals surface area contributed by atoms with Crippen molar-refractivity contribution in [1.29, 1.82) is 0 Å². The van der Waals surface area contributed by atoms with Crippen molar-refractivity contribution < 1.29 is 9.84 Å². The topological polar surface area (TPSA) is 69.1 Å². The van der Waals surface area contributed by atoms with Crippen LogP contribution >= 0.6 is 0 Å². The van der Waals surface area contributed by atoms with Crippen LogP contribution in [0.1, 0.15) is 39.0 Å². The summed E-state index contributed by atoms with van der Waals surface area (Å²) in [6.45, 7) is 5.85. The molecule has 1 aliphatic heterocycles. The maximum atomic E-state index is 9.68. The van der Waals surface area contributed by atoms with Crippen molar-refractivity contribution >= 4 is 11.6 Å². The summed E-state index contributed by atoms with van der Waals surface area (Å²) in [5, 5.41) is 16.6. The Hall–Kier alpha value is -1.95. The molecule has 1 atom stereocenters. The fourth-order valence-corrected chi connectivity index (χ4v) is 4.05. The molecular weight excluding hydrogens is 340 g/mol. The molecular formula is C21H34N4O2. The predicted octanol–water partition coefficient (Wildman–Crippen LogP) is 2.38. The average Bonchev–Trinajstić information content (AvgIpc) is 3.17. The molecule has 0 radical (unpaired) electrons. The fraction of sp³-hybridized carbons (Fsp3) is 0.667. The third kappa shape index (κ3) is 5.51. The zero-order chi connectivity index (χ0) is 19.1. The molecule has 1 aromatic rings. The van der Waals surface area contributed by atoms with Crippen LogP contribution in [0.5, 0.6) is 5.75 Å². The lowest BCUT2D eigenvalue weighted by Crippen LogP contribution is -2.45. The Kier molecular flexibility index (Phi) is 7.21. The Bertz CT molecular complexity index is 614. The monoisotopic (exact) mass is 374 g/mol. The Morgan fingerprint density at radius 3 is 2.74 bits per heavy atom. The molecule has 27 heavy (non-hydrogen) atoms. The minimum atomic E-state index is -0.123. The lowest BCUT2D eigenvalue weighted by molar-refractivity contribution is 0.120. The quantitative estimate of drug-likeness (QED) is 0.527. The lowest BCUT2D eigenvalue weighted by atomic mass is 9.93. The maximum absolute atomic E-state index is 9.68. The van der Waals surface area contributed by atoms with Gasteiger partial charge in [-0.25, -0.2) is 0 Å². The molecule has 6 nitrogen and oxygen atoms in total. The van der Waals surface area contributed by atoms with Crippen LogP contribution in [0.15, 0.2) is 29.3 Å². The third-order valence-electron chi connectivity index (χ3n) is 5.60. The highest BCUT2D eigenvalue weighted by molar-refractivity contribution is 5.80. The Balaban J connectivity index is 1.54. The van der Waals surface area contributed by atoms with Gasteiger partial charge in [0.25, 0.3) is 0 Å². The van der Waals surface area contributed by atoms with Gasteiger partial charge >= 0.3 is 0 Å². The SMILES string of the molecule is CCNC(=NCC1CCN(c2ccccc2OC)C1)NC1CCC(O)CC1. The van der Waals surface area contributed by atoms with E-state index < -0.39 is 0 Å². The summed E-state index contributed by atoms with van der Waals surface area (Å²) in [6.07, 6.45) is 4.81. The Morgan fingerprint density at radius 2 is 2.00 bits per heavy atom. The number of para-hydroxylation sites is 2. The number of aliphatic hydroxyl groups excluding tert-OH is 1. The molecule has 1 saturated carbocycles. The Labute approximate surface area is 163 Å². The molecule has 0 amide bonds. The summed E-state index contributed by atoms with van der Waals surface area (Å²) in [4.78, 5) is 7.26. The van der Waals surface area contributed by atoms with Gasteiger partial charge in [-0.2, -0.15) is 0 Å². The van der Waals surface area contributed by atoms with Gasteiger partial charge < -0.3 is 25.4 Å². The zero-order valence-electron chi connectivity index (χ0n) is 16.7. The van der Waals surface area contributed by atoms with E-state index in [2.05, 4.69) is 34.6 Å². The molecule has 1 aliphatic carbocycles. The first kappa shape index (κ1) is 19.8. The van der Waals surface area contributed by atoms with Gasteiger partial charge in [0.15, 0.2) is 5.96 Å². The zero-order valence-corrected chi connectivity index (χ0v) is 16.7. The van der Waals surface area contributed by atoms with Crippen LogP contribution in [0.2, 0.25) is 0 Å². The molecule has 1 saturated heterocycles. The molecule has 0 aromatic heterocycles. The van der Waals surface area contributed by atoms with Crippen molar-refractivity contribution in [2.75, 3.05) is 38.2 Å². The third-order valence-corrected chi connectivity index (χ3v) is 5.60. The summed E-state index contributed by atoms with van der Waals surface area (Å²) in [5.74, 6) is 2.41. The van der Waals surface area contributed by atoms with Gasteiger partial charge in [0.1, 0.15) is 5.75 Å². The number of guanidine groups is 1. The molecule has 1 aromatic carbocycles. The van der Waals surface area contributed by atoms with Crippen molar-refractivity contribution in [3.63, 3.8) is 0 Å². The van der Waals surface area contributed by atoms with Crippen LogP contribution in [0.3, 0.4) is 0 Å². The number of rotatable bonds is 6. The minimum Gasteiger partial charge on any atom is -0.495 e. The smallest absolute Gasteiger partial charge is 0.191 e. The van der Waals surface area contributed by atoms with Crippen molar-refractivity contribution in [3.05, 3.63) is 24.3 Å². The van der Waals surface area contributed by atoms with Crippen LogP contribution in [0, 0.1) is 5.92 Å². The number of aliphatic imine (C=N–C) groups is 1. The minimum absolute atomic E-state index is 0.123. The Morgan fingerprint density at radius 1 is 1.22 bits per heavy atom. The van der Waals surface area contributed by atoms with Crippen molar-refractivity contribution in [1.82, 2.24) is 10.6 Å². The second kappa shape index (κ2) is 9.83. The number of anilines is 1. The van der Waals surface area contributed by atoms with Crippen LogP contribution in [-0.4, -0.2) is 56.5 Å². The van der Waals surface area contributed by atoms with Crippen molar-refractivity contribution in [2.45, 2.75) is 51.2 Å². The van der Waals surface area contributed by atoms with Gasteiger partial charge in [-0.1, -0.05) is 12.1 Å². The molecule has 150 valence electrons. The van der Waals surface area contributed by atoms with E-state index in [1.807, 2.05) is 12.1 Å². The lowest BCUT2D eigenvalue weighted by Gasteiger charge is -2.27. The maximum Gasteiger partial charge on any atom is 0.191 e. The van der Waals surface area contributed by atoms with Gasteiger partial charge in [0.05, 0.1) is 18.9 Å². The predicted molar refractivity (Wildman–Crippen MR) is 111 cm³/mol. The van der Waals surface area contributed by atoms with Gasteiger partial charge in [0, 0.05) is 32.2 Å². The summed E-state index contributed by atoms with van der Waals surface area (Å²) in [7, 11) is 1.73. The van der Waals surface area contributed by atoms with E-state index in [0.29, 0.717) is 12.0 Å². The first-order chi connectivity index (χ1) is 13.2. The highest BCUT2D eigenvalue weighted by Crippen LogP contribution is 2.32. The largest absolute Gasteiger partial charge is 0.495 e. The van der Waals surface area contributed by atoms with Crippen LogP contribution in [0.4, 0.5) is 5.69 Å². The summed E-state index contributed by atoms with van der Waals surface area (Å²) < 4.78 is 5.51. The van der Waals surface area contributed by atoms with Gasteiger partial charge in [-0.3, -0.25) is 4.99 Å². The number of nitrogens with one attached hydrogen (secondary N) is 2. The van der Waals surface area contributed by atoms with E-state index in [1.165, 1.54) is 5.69 Å². The normalized spacial score (nSPS) is 26.1. The molecule has 3 rings (SSSR count). The van der Waals surface area contributed by atoms with E-state index in [0.717, 1.165) is 70.0 Å². The second-order valence-corrected chi connectivity index (χ2v) is 7.64. The molecule has 1 heterocycles. The first-order valence-corrected chi connectivity index (χ1v) is 10.3. The van der Waals surface area contributed by atoms with Crippen molar-refractivity contribution in [3.8, 4) is 5.75 Å². The number of aliphatic hydroxyl groups is 1. The molecule has 0 bridgehead atoms. The van der Waals surface area contributed by atoms with E-state index >= 15 is 0 Å². The summed E-state index contributed by atoms with van der Waals surface area (Å²) in [6, 6.07) is 8.65. The number of hydrogen-bond acceptors (Lipinski definition) is 4. The van der Waals surface area contributed by atoms with Crippen LogP contribution < -0.4 is 20.3 Å². The first-order valence-electron chi connectivity index (χ1n) is 10.3. The van der Waals surface area contributed by atoms with E-state index in [4.69, 9.17) is 9.73 Å². The van der Waals surface area contributed by atoms with Crippen LogP contribution in [-0.2, 0) is 0 Å². The van der Waals surface area contributed by atoms with Gasteiger partial charge in [-0.15, -0.1) is 0 Å². The fourth-order valence-electron chi connectivity index (χ4n) is 4.05. The highest BCUT2D eigenvalue weighted by Gasteiger charge is 2.25. The van der Waals surface area contributed by atoms with E-state index in [1.54, 1.807) is 7.11 Å². The number of hydrogen-bond donors (Lipinski definition) is 3. The summed E-state index contributed by atoms with van der Waals surface area (Å²) in [5.41, 5.74) is 1.18. The average molecular weight is 375 g/mol. The molecule has 6 heteroatoms. The molecule has 2 fully saturated rings.